The highest BCUT2D eigenvalue weighted by atomic mass is 15.0. The van der Waals surface area contributed by atoms with E-state index >= 15 is 0 Å². The third kappa shape index (κ3) is 3.23. The molecule has 0 saturated heterocycles. The molecule has 1 heterocycles. The maximum atomic E-state index is 4.18. The van der Waals surface area contributed by atoms with Crippen LogP contribution in [0.25, 0.3) is 0 Å². The van der Waals surface area contributed by atoms with Gasteiger partial charge in [-0.25, -0.2) is 4.98 Å². The van der Waals surface area contributed by atoms with E-state index in [4.69, 9.17) is 0 Å². The summed E-state index contributed by atoms with van der Waals surface area (Å²) in [6.07, 6.45) is 8.59. The molecule has 70 valence electrons. The summed E-state index contributed by atoms with van der Waals surface area (Å²) in [4.78, 5) is 8.31. The first kappa shape index (κ1) is 9.71. The molecule has 0 atom stereocenters. The van der Waals surface area contributed by atoms with Crippen molar-refractivity contribution in [1.29, 1.82) is 0 Å². The average molecular weight is 177 g/mol. The Morgan fingerprint density at radius 2 is 2.15 bits per heavy atom. The standard InChI is InChI=1S/C10H15N3/c1-3-4-5-6-12-10-9(2)11-7-8-13-10/h3-4,7-8H,5-6H2,1-2H3,(H,12,13)/b4-3+. The highest BCUT2D eigenvalue weighted by Gasteiger charge is 1.96. The fourth-order valence-electron chi connectivity index (χ4n) is 1.02. The van der Waals surface area contributed by atoms with E-state index in [9.17, 15) is 0 Å². The number of nitrogens with zero attached hydrogens (tertiary/aromatic N) is 2. The number of aryl methyl sites for hydroxylation is 1. The molecule has 13 heavy (non-hydrogen) atoms. The van der Waals surface area contributed by atoms with Crippen molar-refractivity contribution in [1.82, 2.24) is 9.97 Å². The van der Waals surface area contributed by atoms with Gasteiger partial charge in [-0.05, 0) is 20.3 Å². The lowest BCUT2D eigenvalue weighted by Crippen LogP contribution is -2.04. The summed E-state index contributed by atoms with van der Waals surface area (Å²) in [6, 6.07) is 0. The van der Waals surface area contributed by atoms with E-state index in [1.165, 1.54) is 0 Å². The van der Waals surface area contributed by atoms with Crippen molar-refractivity contribution in [3.05, 3.63) is 30.2 Å². The van der Waals surface area contributed by atoms with E-state index in [2.05, 4.69) is 21.4 Å². The molecular weight excluding hydrogens is 162 g/mol. The van der Waals surface area contributed by atoms with Gasteiger partial charge in [0.15, 0.2) is 0 Å². The molecule has 1 aromatic rings. The van der Waals surface area contributed by atoms with E-state index in [1.807, 2.05) is 19.9 Å². The SMILES string of the molecule is C/C=C/CCNc1nccnc1C. The zero-order chi connectivity index (χ0) is 9.52. The van der Waals surface area contributed by atoms with Crippen LogP contribution >= 0.6 is 0 Å². The first-order chi connectivity index (χ1) is 6.34. The number of nitrogens with one attached hydrogen (secondary N) is 1. The number of allylic oxidation sites excluding steroid dienone is 1. The van der Waals surface area contributed by atoms with Crippen LogP contribution in [-0.4, -0.2) is 16.5 Å². The molecule has 1 rings (SSSR count). The van der Waals surface area contributed by atoms with Crippen LogP contribution in [-0.2, 0) is 0 Å². The van der Waals surface area contributed by atoms with Gasteiger partial charge in [0, 0.05) is 18.9 Å². The molecule has 3 nitrogen and oxygen atoms in total. The third-order valence-electron chi connectivity index (χ3n) is 1.72. The van der Waals surface area contributed by atoms with Gasteiger partial charge in [0.25, 0.3) is 0 Å². The second kappa shape index (κ2) is 5.30. The third-order valence-corrected chi connectivity index (χ3v) is 1.72. The van der Waals surface area contributed by atoms with Crippen molar-refractivity contribution in [2.75, 3.05) is 11.9 Å². The van der Waals surface area contributed by atoms with Crippen LogP contribution in [0.1, 0.15) is 19.0 Å². The van der Waals surface area contributed by atoms with E-state index < -0.39 is 0 Å². The molecule has 0 bridgehead atoms. The molecule has 0 aliphatic carbocycles. The normalized spacial score (nSPS) is 10.6. The van der Waals surface area contributed by atoms with Crippen molar-refractivity contribution in [2.45, 2.75) is 20.3 Å². The lowest BCUT2D eigenvalue weighted by atomic mass is 10.3. The van der Waals surface area contributed by atoms with Crippen molar-refractivity contribution in [2.24, 2.45) is 0 Å². The Hall–Kier alpha value is -1.38. The maximum absolute atomic E-state index is 4.18. The first-order valence-electron chi connectivity index (χ1n) is 4.47. The summed E-state index contributed by atoms with van der Waals surface area (Å²) in [5, 5.41) is 3.22. The Morgan fingerprint density at radius 3 is 2.85 bits per heavy atom. The topological polar surface area (TPSA) is 37.8 Å². The number of hydrogen-bond donors (Lipinski definition) is 1. The van der Waals surface area contributed by atoms with Crippen molar-refractivity contribution < 1.29 is 0 Å². The van der Waals surface area contributed by atoms with Crippen molar-refractivity contribution in [3.8, 4) is 0 Å². The Balaban J connectivity index is 2.41. The van der Waals surface area contributed by atoms with Crippen LogP contribution in [0.4, 0.5) is 5.82 Å². The van der Waals surface area contributed by atoms with Crippen molar-refractivity contribution in [3.63, 3.8) is 0 Å². The molecule has 0 fully saturated rings. The quantitative estimate of drug-likeness (QED) is 0.565. The van der Waals surface area contributed by atoms with Gasteiger partial charge in [-0.3, -0.25) is 4.98 Å². The Labute approximate surface area is 78.9 Å². The highest BCUT2D eigenvalue weighted by Crippen LogP contribution is 2.05. The lowest BCUT2D eigenvalue weighted by molar-refractivity contribution is 1.02. The molecule has 0 saturated carbocycles. The lowest BCUT2D eigenvalue weighted by Gasteiger charge is -2.04. The molecule has 1 N–H and O–H groups in total. The summed E-state index contributed by atoms with van der Waals surface area (Å²) >= 11 is 0. The second-order valence-electron chi connectivity index (χ2n) is 2.77. The van der Waals surface area contributed by atoms with Gasteiger partial charge in [0.05, 0.1) is 5.69 Å². The molecule has 0 unspecified atom stereocenters. The van der Waals surface area contributed by atoms with E-state index in [-0.39, 0.29) is 0 Å². The van der Waals surface area contributed by atoms with Gasteiger partial charge in [-0.15, -0.1) is 0 Å². The Morgan fingerprint density at radius 1 is 1.38 bits per heavy atom. The summed E-state index contributed by atoms with van der Waals surface area (Å²) in [7, 11) is 0. The fourth-order valence-corrected chi connectivity index (χ4v) is 1.02. The molecule has 1 aromatic heterocycles. The van der Waals surface area contributed by atoms with Crippen LogP contribution in [0.2, 0.25) is 0 Å². The summed E-state index contributed by atoms with van der Waals surface area (Å²) < 4.78 is 0. The van der Waals surface area contributed by atoms with Gasteiger partial charge in [-0.1, -0.05) is 12.2 Å². The predicted molar refractivity (Wildman–Crippen MR) is 54.7 cm³/mol. The minimum atomic E-state index is 0.881. The Kier molecular flexibility index (Phi) is 3.96. The minimum absolute atomic E-state index is 0.881. The fraction of sp³-hybridized carbons (Fsp3) is 0.400. The zero-order valence-electron chi connectivity index (χ0n) is 8.12. The largest absolute Gasteiger partial charge is 0.368 e. The van der Waals surface area contributed by atoms with Gasteiger partial charge in [0.1, 0.15) is 5.82 Å². The molecular formula is C10H15N3. The van der Waals surface area contributed by atoms with Crippen LogP contribution in [0.3, 0.4) is 0 Å². The molecule has 0 spiro atoms. The van der Waals surface area contributed by atoms with Gasteiger partial charge < -0.3 is 5.32 Å². The molecule has 0 radical (unpaired) electrons. The summed E-state index contributed by atoms with van der Waals surface area (Å²) in [5.74, 6) is 0.881. The van der Waals surface area contributed by atoms with E-state index in [1.54, 1.807) is 12.4 Å². The second-order valence-corrected chi connectivity index (χ2v) is 2.77. The van der Waals surface area contributed by atoms with Crippen LogP contribution in [0.5, 0.6) is 0 Å². The van der Waals surface area contributed by atoms with Crippen LogP contribution in [0.15, 0.2) is 24.5 Å². The number of hydrogen-bond acceptors (Lipinski definition) is 3. The van der Waals surface area contributed by atoms with E-state index in [0.717, 1.165) is 24.5 Å². The highest BCUT2D eigenvalue weighted by molar-refractivity contribution is 5.38. The number of rotatable bonds is 4. The number of anilines is 1. The molecule has 3 heteroatoms. The van der Waals surface area contributed by atoms with Gasteiger partial charge >= 0.3 is 0 Å². The number of aromatic nitrogens is 2. The van der Waals surface area contributed by atoms with Gasteiger partial charge in [0.2, 0.25) is 0 Å². The Bertz CT molecular complexity index is 281. The summed E-state index contributed by atoms with van der Waals surface area (Å²) in [6.45, 7) is 4.88. The van der Waals surface area contributed by atoms with Crippen LogP contribution < -0.4 is 5.32 Å². The average Bonchev–Trinajstić information content (AvgIpc) is 2.15. The van der Waals surface area contributed by atoms with E-state index in [0.29, 0.717) is 0 Å². The maximum Gasteiger partial charge on any atom is 0.147 e. The summed E-state index contributed by atoms with van der Waals surface area (Å²) in [5.41, 5.74) is 0.947. The molecule has 0 aliphatic rings. The van der Waals surface area contributed by atoms with Gasteiger partial charge in [-0.2, -0.15) is 0 Å². The minimum Gasteiger partial charge on any atom is -0.368 e. The zero-order valence-corrected chi connectivity index (χ0v) is 8.12. The van der Waals surface area contributed by atoms with Crippen LogP contribution in [0, 0.1) is 6.92 Å². The molecule has 0 aliphatic heterocycles. The monoisotopic (exact) mass is 177 g/mol. The molecule has 0 aromatic carbocycles. The predicted octanol–water partition coefficient (Wildman–Crippen LogP) is 2.16. The van der Waals surface area contributed by atoms with Crippen molar-refractivity contribution >= 4 is 5.82 Å². The molecule has 0 amide bonds. The smallest absolute Gasteiger partial charge is 0.147 e. The first-order valence-corrected chi connectivity index (χ1v) is 4.47.